The van der Waals surface area contributed by atoms with E-state index < -0.39 is 0 Å². The van der Waals surface area contributed by atoms with Crippen molar-refractivity contribution in [2.24, 2.45) is 14.1 Å². The maximum atomic E-state index is 13.3. The van der Waals surface area contributed by atoms with E-state index in [-0.39, 0.29) is 11.7 Å². The van der Waals surface area contributed by atoms with Gasteiger partial charge in [-0.05, 0) is 37.3 Å². The van der Waals surface area contributed by atoms with Crippen molar-refractivity contribution in [3.63, 3.8) is 0 Å². The van der Waals surface area contributed by atoms with Crippen LogP contribution in [0.25, 0.3) is 11.0 Å². The van der Waals surface area contributed by atoms with Crippen molar-refractivity contribution in [3.8, 4) is 0 Å². The van der Waals surface area contributed by atoms with E-state index in [0.29, 0.717) is 18.7 Å². The summed E-state index contributed by atoms with van der Waals surface area (Å²) in [6.07, 6.45) is 0.585. The minimum Gasteiger partial charge on any atom is -0.350 e. The number of benzene rings is 1. The van der Waals surface area contributed by atoms with Gasteiger partial charge in [-0.3, -0.25) is 4.79 Å². The zero-order valence-electron chi connectivity index (χ0n) is 13.4. The lowest BCUT2D eigenvalue weighted by atomic mass is 10.3. The molecule has 0 bridgehead atoms. The standard InChI is InChI=1S/C17H19FN4O/c1-11-4-7-14(21(11)2)17(23)19-9-8-16-20-13-6-5-12(18)10-15(13)22(16)3/h4-7,10H,8-9H2,1-3H3,(H,19,23). The Morgan fingerprint density at radius 1 is 1.22 bits per heavy atom. The molecule has 0 atom stereocenters. The molecule has 6 heteroatoms. The fourth-order valence-electron chi connectivity index (χ4n) is 2.66. The van der Waals surface area contributed by atoms with Gasteiger partial charge in [0.15, 0.2) is 0 Å². The van der Waals surface area contributed by atoms with Gasteiger partial charge in [0.1, 0.15) is 17.3 Å². The number of nitrogens with one attached hydrogen (secondary N) is 1. The molecule has 0 spiro atoms. The molecule has 1 N–H and O–H groups in total. The molecule has 5 nitrogen and oxygen atoms in total. The fourth-order valence-corrected chi connectivity index (χ4v) is 2.66. The first-order valence-electron chi connectivity index (χ1n) is 7.48. The van der Waals surface area contributed by atoms with Gasteiger partial charge in [-0.25, -0.2) is 9.37 Å². The smallest absolute Gasteiger partial charge is 0.267 e. The van der Waals surface area contributed by atoms with E-state index in [1.807, 2.05) is 42.3 Å². The fraction of sp³-hybridized carbons (Fsp3) is 0.294. The molecule has 1 amide bonds. The Morgan fingerprint density at radius 2 is 2.00 bits per heavy atom. The average Bonchev–Trinajstić information content (AvgIpc) is 3.01. The normalized spacial score (nSPS) is 11.1. The van der Waals surface area contributed by atoms with Gasteiger partial charge in [0.25, 0.3) is 5.91 Å². The van der Waals surface area contributed by atoms with Crippen molar-refractivity contribution in [2.75, 3.05) is 6.54 Å². The van der Waals surface area contributed by atoms with E-state index >= 15 is 0 Å². The van der Waals surface area contributed by atoms with Crippen LogP contribution in [0.4, 0.5) is 4.39 Å². The number of fused-ring (bicyclic) bond motifs is 1. The Labute approximate surface area is 133 Å². The van der Waals surface area contributed by atoms with E-state index in [1.165, 1.54) is 12.1 Å². The molecule has 0 fully saturated rings. The van der Waals surface area contributed by atoms with E-state index in [4.69, 9.17) is 0 Å². The van der Waals surface area contributed by atoms with E-state index in [0.717, 1.165) is 22.6 Å². The van der Waals surface area contributed by atoms with Crippen LogP contribution in [0.2, 0.25) is 0 Å². The van der Waals surface area contributed by atoms with Crippen molar-refractivity contribution in [2.45, 2.75) is 13.3 Å². The van der Waals surface area contributed by atoms with Crippen molar-refractivity contribution < 1.29 is 9.18 Å². The minimum absolute atomic E-state index is 0.106. The second kappa shape index (κ2) is 5.87. The summed E-state index contributed by atoms with van der Waals surface area (Å²) >= 11 is 0. The molecule has 0 unspecified atom stereocenters. The highest BCUT2D eigenvalue weighted by Gasteiger charge is 2.12. The molecular formula is C17H19FN4O. The second-order valence-corrected chi connectivity index (χ2v) is 5.64. The summed E-state index contributed by atoms with van der Waals surface area (Å²) in [5.41, 5.74) is 3.18. The van der Waals surface area contributed by atoms with Crippen LogP contribution in [-0.2, 0) is 20.5 Å². The van der Waals surface area contributed by atoms with Crippen LogP contribution in [-0.4, -0.2) is 26.6 Å². The van der Waals surface area contributed by atoms with Gasteiger partial charge in [0.05, 0.1) is 11.0 Å². The summed E-state index contributed by atoms with van der Waals surface area (Å²) in [6, 6.07) is 8.26. The highest BCUT2D eigenvalue weighted by molar-refractivity contribution is 5.92. The third kappa shape index (κ3) is 2.84. The van der Waals surface area contributed by atoms with Gasteiger partial charge < -0.3 is 14.5 Å². The molecule has 0 radical (unpaired) electrons. The summed E-state index contributed by atoms with van der Waals surface area (Å²) in [5, 5.41) is 2.90. The predicted octanol–water partition coefficient (Wildman–Crippen LogP) is 2.33. The van der Waals surface area contributed by atoms with E-state index in [9.17, 15) is 9.18 Å². The van der Waals surface area contributed by atoms with Crippen LogP contribution in [0, 0.1) is 12.7 Å². The molecule has 0 aliphatic carbocycles. The monoisotopic (exact) mass is 314 g/mol. The lowest BCUT2D eigenvalue weighted by Gasteiger charge is -2.07. The Morgan fingerprint density at radius 3 is 2.70 bits per heavy atom. The number of carbonyl (C=O) groups excluding carboxylic acids is 1. The van der Waals surface area contributed by atoms with E-state index in [1.54, 1.807) is 6.07 Å². The topological polar surface area (TPSA) is 51.9 Å². The number of hydrogen-bond donors (Lipinski definition) is 1. The maximum Gasteiger partial charge on any atom is 0.267 e. The molecule has 1 aromatic carbocycles. The zero-order chi connectivity index (χ0) is 16.6. The van der Waals surface area contributed by atoms with Crippen LogP contribution in [0.3, 0.4) is 0 Å². The first-order valence-corrected chi connectivity index (χ1v) is 7.48. The molecule has 0 saturated carbocycles. The maximum absolute atomic E-state index is 13.3. The van der Waals surface area contributed by atoms with Gasteiger partial charge in [-0.1, -0.05) is 0 Å². The first kappa shape index (κ1) is 15.3. The third-order valence-electron chi connectivity index (χ3n) is 4.18. The van der Waals surface area contributed by atoms with Crippen LogP contribution < -0.4 is 5.32 Å². The largest absolute Gasteiger partial charge is 0.350 e. The van der Waals surface area contributed by atoms with Crippen molar-refractivity contribution in [1.29, 1.82) is 0 Å². The first-order chi connectivity index (χ1) is 11.0. The summed E-state index contributed by atoms with van der Waals surface area (Å²) in [7, 11) is 3.72. The number of nitrogens with zero attached hydrogens (tertiary/aromatic N) is 3. The number of hydrogen-bond acceptors (Lipinski definition) is 2. The minimum atomic E-state index is -0.278. The summed E-state index contributed by atoms with van der Waals surface area (Å²) in [6.45, 7) is 2.43. The summed E-state index contributed by atoms with van der Waals surface area (Å²) in [5.74, 6) is 0.429. The van der Waals surface area contributed by atoms with Gasteiger partial charge in [0.2, 0.25) is 0 Å². The third-order valence-corrected chi connectivity index (χ3v) is 4.18. The molecule has 0 aliphatic heterocycles. The van der Waals surface area contributed by atoms with Crippen molar-refractivity contribution in [1.82, 2.24) is 19.4 Å². The lowest BCUT2D eigenvalue weighted by molar-refractivity contribution is 0.0945. The highest BCUT2D eigenvalue weighted by atomic mass is 19.1. The Bertz CT molecular complexity index is 878. The molecule has 3 rings (SSSR count). The molecule has 2 aromatic heterocycles. The molecular weight excluding hydrogens is 295 g/mol. The number of halogens is 1. The number of aromatic nitrogens is 3. The van der Waals surface area contributed by atoms with Crippen LogP contribution in [0.15, 0.2) is 30.3 Å². The number of amides is 1. The number of carbonyl (C=O) groups is 1. The molecule has 23 heavy (non-hydrogen) atoms. The predicted molar refractivity (Wildman–Crippen MR) is 86.9 cm³/mol. The van der Waals surface area contributed by atoms with Crippen LogP contribution >= 0.6 is 0 Å². The SMILES string of the molecule is Cc1ccc(C(=O)NCCc2nc3ccc(F)cc3n2C)n1C. The Hall–Kier alpha value is -2.63. The van der Waals surface area contributed by atoms with Gasteiger partial charge in [-0.15, -0.1) is 0 Å². The molecule has 3 aromatic rings. The van der Waals surface area contributed by atoms with Crippen LogP contribution in [0.5, 0.6) is 0 Å². The molecule has 120 valence electrons. The Kier molecular flexibility index (Phi) is 3.90. The highest BCUT2D eigenvalue weighted by Crippen LogP contribution is 2.16. The summed E-state index contributed by atoms with van der Waals surface area (Å²) < 4.78 is 17.0. The second-order valence-electron chi connectivity index (χ2n) is 5.64. The number of aryl methyl sites for hydroxylation is 2. The van der Waals surface area contributed by atoms with Gasteiger partial charge >= 0.3 is 0 Å². The van der Waals surface area contributed by atoms with Crippen molar-refractivity contribution >= 4 is 16.9 Å². The molecule has 0 aliphatic rings. The van der Waals surface area contributed by atoms with Gasteiger partial charge in [-0.2, -0.15) is 0 Å². The average molecular weight is 314 g/mol. The van der Waals surface area contributed by atoms with Crippen molar-refractivity contribution in [3.05, 3.63) is 53.4 Å². The number of imidazole rings is 1. The molecule has 2 heterocycles. The number of rotatable bonds is 4. The molecule has 0 saturated heterocycles. The summed E-state index contributed by atoms with van der Waals surface area (Å²) in [4.78, 5) is 16.6. The van der Waals surface area contributed by atoms with E-state index in [2.05, 4.69) is 10.3 Å². The van der Waals surface area contributed by atoms with Crippen LogP contribution in [0.1, 0.15) is 22.0 Å². The zero-order valence-corrected chi connectivity index (χ0v) is 13.4. The Balaban J connectivity index is 1.68. The lowest BCUT2D eigenvalue weighted by Crippen LogP contribution is -2.28. The quantitative estimate of drug-likeness (QED) is 0.803. The van der Waals surface area contributed by atoms with Gasteiger partial charge in [0, 0.05) is 32.8 Å².